The fourth-order valence-corrected chi connectivity index (χ4v) is 3.77. The number of aromatic nitrogens is 2. The summed E-state index contributed by atoms with van der Waals surface area (Å²) in [6.07, 6.45) is 1.63. The highest BCUT2D eigenvalue weighted by atomic mass is 16.2. The molecule has 0 atom stereocenters. The van der Waals surface area contributed by atoms with Crippen molar-refractivity contribution in [1.29, 1.82) is 0 Å². The van der Waals surface area contributed by atoms with Gasteiger partial charge in [-0.2, -0.15) is 5.10 Å². The number of aryl methyl sites for hydroxylation is 2. The van der Waals surface area contributed by atoms with E-state index >= 15 is 0 Å². The number of rotatable bonds is 8. The van der Waals surface area contributed by atoms with Crippen molar-refractivity contribution in [2.75, 3.05) is 23.7 Å². The molecule has 0 fully saturated rings. The van der Waals surface area contributed by atoms with Crippen LogP contribution in [0.3, 0.4) is 0 Å². The molecule has 35 heavy (non-hydrogen) atoms. The summed E-state index contributed by atoms with van der Waals surface area (Å²) in [4.78, 5) is 27.6. The average Bonchev–Trinajstić information content (AvgIpc) is 3.23. The van der Waals surface area contributed by atoms with Crippen molar-refractivity contribution in [3.8, 4) is 5.69 Å². The van der Waals surface area contributed by atoms with Crippen LogP contribution in [-0.4, -0.2) is 39.7 Å². The summed E-state index contributed by atoms with van der Waals surface area (Å²) in [5.41, 5.74) is 4.50. The molecule has 0 aliphatic heterocycles. The Morgan fingerprint density at radius 2 is 1.74 bits per heavy atom. The lowest BCUT2D eigenvalue weighted by atomic mass is 9.92. The van der Waals surface area contributed by atoms with E-state index < -0.39 is 0 Å². The first-order chi connectivity index (χ1) is 16.6. The zero-order valence-electron chi connectivity index (χ0n) is 21.7. The highest BCUT2D eigenvalue weighted by molar-refractivity contribution is 5.96. The molecule has 7 heteroatoms. The van der Waals surface area contributed by atoms with Gasteiger partial charge in [0.25, 0.3) is 0 Å². The Morgan fingerprint density at radius 1 is 1.00 bits per heavy atom. The summed E-state index contributed by atoms with van der Waals surface area (Å²) in [6, 6.07) is 17.3. The summed E-state index contributed by atoms with van der Waals surface area (Å²) < 4.78 is 1.77. The molecule has 0 radical (unpaired) electrons. The molecule has 0 spiro atoms. The molecule has 2 aromatic carbocycles. The molecule has 0 aliphatic carbocycles. The Hall–Kier alpha value is -3.61. The lowest BCUT2D eigenvalue weighted by Gasteiger charge is -2.22. The van der Waals surface area contributed by atoms with Gasteiger partial charge in [-0.3, -0.25) is 4.79 Å². The number of amides is 3. The Kier molecular flexibility index (Phi) is 8.33. The topological polar surface area (TPSA) is 79.3 Å². The maximum atomic E-state index is 13.1. The lowest BCUT2D eigenvalue weighted by molar-refractivity contribution is -0.116. The van der Waals surface area contributed by atoms with Gasteiger partial charge in [-0.15, -0.1) is 0 Å². The molecule has 186 valence electrons. The van der Waals surface area contributed by atoms with Crippen LogP contribution in [0, 0.1) is 6.92 Å². The number of nitrogens with one attached hydrogen (secondary N) is 2. The molecule has 7 nitrogen and oxygen atoms in total. The van der Waals surface area contributed by atoms with E-state index in [4.69, 9.17) is 5.10 Å². The number of nitrogens with zero attached hydrogens (tertiary/aromatic N) is 3. The number of urea groups is 1. The molecule has 1 heterocycles. The number of hydrogen-bond donors (Lipinski definition) is 2. The third-order valence-corrected chi connectivity index (χ3v) is 5.79. The van der Waals surface area contributed by atoms with Gasteiger partial charge in [0.1, 0.15) is 12.4 Å². The summed E-state index contributed by atoms with van der Waals surface area (Å²) >= 11 is 0. The minimum absolute atomic E-state index is 0.0586. The van der Waals surface area contributed by atoms with Crippen LogP contribution in [0.25, 0.3) is 5.69 Å². The van der Waals surface area contributed by atoms with Crippen LogP contribution in [0.1, 0.15) is 57.9 Å². The summed E-state index contributed by atoms with van der Waals surface area (Å²) in [7, 11) is 0. The minimum Gasteiger partial charge on any atom is -0.315 e. The van der Waals surface area contributed by atoms with E-state index in [9.17, 15) is 9.59 Å². The van der Waals surface area contributed by atoms with Crippen molar-refractivity contribution in [2.45, 2.75) is 59.8 Å². The molecular weight excluding hydrogens is 438 g/mol. The number of para-hydroxylation sites is 1. The second-order valence-corrected chi connectivity index (χ2v) is 9.82. The van der Waals surface area contributed by atoms with Gasteiger partial charge in [0, 0.05) is 23.7 Å². The molecule has 0 bridgehead atoms. The van der Waals surface area contributed by atoms with E-state index in [1.807, 2.05) is 68.4 Å². The van der Waals surface area contributed by atoms with Crippen molar-refractivity contribution >= 4 is 23.4 Å². The molecule has 0 aliphatic rings. The van der Waals surface area contributed by atoms with Crippen LogP contribution in [0.5, 0.6) is 0 Å². The molecule has 0 saturated heterocycles. The maximum Gasteiger partial charge on any atom is 0.322 e. The smallest absolute Gasteiger partial charge is 0.315 e. The number of hydrogen-bond acceptors (Lipinski definition) is 3. The summed E-state index contributed by atoms with van der Waals surface area (Å²) in [6.45, 7) is 12.7. The van der Waals surface area contributed by atoms with Crippen molar-refractivity contribution in [2.24, 2.45) is 0 Å². The minimum atomic E-state index is -0.293. The summed E-state index contributed by atoms with van der Waals surface area (Å²) in [5, 5.41) is 10.7. The highest BCUT2D eigenvalue weighted by Crippen LogP contribution is 2.27. The van der Waals surface area contributed by atoms with Gasteiger partial charge in [-0.25, -0.2) is 9.48 Å². The fraction of sp³-hybridized carbons (Fsp3) is 0.393. The number of anilines is 2. The molecular formula is C28H37N5O2. The van der Waals surface area contributed by atoms with Crippen LogP contribution in [0.2, 0.25) is 0 Å². The number of carbonyl (C=O) groups is 2. The van der Waals surface area contributed by atoms with Crippen LogP contribution in [-0.2, 0) is 16.6 Å². The van der Waals surface area contributed by atoms with Gasteiger partial charge in [0.15, 0.2) is 0 Å². The fourth-order valence-electron chi connectivity index (χ4n) is 3.77. The van der Waals surface area contributed by atoms with Crippen molar-refractivity contribution in [3.63, 3.8) is 0 Å². The lowest BCUT2D eigenvalue weighted by Crippen LogP contribution is -2.41. The first kappa shape index (κ1) is 26.0. The SMILES string of the molecule is CCCN(CC(=O)Nc1cc(C(C)(C)C)nn1-c1ccccc1C)C(=O)Nc1cccc(CC)c1. The normalized spacial score (nSPS) is 11.3. The van der Waals surface area contributed by atoms with Crippen LogP contribution in [0.15, 0.2) is 54.6 Å². The van der Waals surface area contributed by atoms with Crippen LogP contribution < -0.4 is 10.6 Å². The predicted molar refractivity (Wildman–Crippen MR) is 142 cm³/mol. The molecule has 1 aromatic heterocycles. The van der Waals surface area contributed by atoms with E-state index in [0.717, 1.165) is 41.0 Å². The second kappa shape index (κ2) is 11.2. The van der Waals surface area contributed by atoms with E-state index in [2.05, 4.69) is 38.3 Å². The highest BCUT2D eigenvalue weighted by Gasteiger charge is 2.23. The zero-order valence-corrected chi connectivity index (χ0v) is 21.7. The molecule has 3 amide bonds. The van der Waals surface area contributed by atoms with E-state index in [-0.39, 0.29) is 23.9 Å². The maximum absolute atomic E-state index is 13.1. The zero-order chi connectivity index (χ0) is 25.6. The van der Waals surface area contributed by atoms with Gasteiger partial charge in [0.05, 0.1) is 11.4 Å². The van der Waals surface area contributed by atoms with Gasteiger partial charge in [-0.1, -0.05) is 65.0 Å². The van der Waals surface area contributed by atoms with Crippen molar-refractivity contribution in [1.82, 2.24) is 14.7 Å². The van der Waals surface area contributed by atoms with Crippen molar-refractivity contribution < 1.29 is 9.59 Å². The van der Waals surface area contributed by atoms with Crippen LogP contribution >= 0.6 is 0 Å². The third kappa shape index (κ3) is 6.72. The monoisotopic (exact) mass is 475 g/mol. The van der Waals surface area contributed by atoms with Gasteiger partial charge in [0.2, 0.25) is 5.91 Å². The van der Waals surface area contributed by atoms with Crippen molar-refractivity contribution in [3.05, 3.63) is 71.4 Å². The van der Waals surface area contributed by atoms with E-state index in [0.29, 0.717) is 12.4 Å². The Balaban J connectivity index is 1.80. The molecule has 2 N–H and O–H groups in total. The van der Waals surface area contributed by atoms with Gasteiger partial charge in [-0.05, 0) is 49.1 Å². The first-order valence-corrected chi connectivity index (χ1v) is 12.2. The molecule has 0 unspecified atom stereocenters. The van der Waals surface area contributed by atoms with E-state index in [1.54, 1.807) is 4.68 Å². The Bertz CT molecular complexity index is 1180. The van der Waals surface area contributed by atoms with E-state index in [1.165, 1.54) is 4.90 Å². The molecule has 0 saturated carbocycles. The quantitative estimate of drug-likeness (QED) is 0.424. The summed E-state index contributed by atoms with van der Waals surface area (Å²) in [5.74, 6) is 0.313. The van der Waals surface area contributed by atoms with Gasteiger partial charge >= 0.3 is 6.03 Å². The largest absolute Gasteiger partial charge is 0.322 e. The Labute approximate surface area is 208 Å². The predicted octanol–water partition coefficient (Wildman–Crippen LogP) is 5.92. The second-order valence-electron chi connectivity index (χ2n) is 9.82. The standard InChI is InChI=1S/C28H37N5O2/c1-7-16-32(27(35)29-22-14-11-13-21(8-2)17-22)19-26(34)30-25-18-24(28(4,5)6)31-33(25)23-15-10-9-12-20(23)3/h9-15,17-18H,7-8,16,19H2,1-6H3,(H,29,35)(H,30,34). The average molecular weight is 476 g/mol. The van der Waals surface area contributed by atoms with Gasteiger partial charge < -0.3 is 15.5 Å². The van der Waals surface area contributed by atoms with Crippen LogP contribution in [0.4, 0.5) is 16.3 Å². The Morgan fingerprint density at radius 3 is 2.40 bits per heavy atom. The number of benzene rings is 2. The molecule has 3 rings (SSSR count). The molecule has 3 aromatic rings. The first-order valence-electron chi connectivity index (χ1n) is 12.2. The number of carbonyl (C=O) groups excluding carboxylic acids is 2. The third-order valence-electron chi connectivity index (χ3n) is 5.79.